The largest absolute Gasteiger partial charge is 0.490 e. The highest BCUT2D eigenvalue weighted by atomic mass is 79.9. The number of nitrogens with one attached hydrogen (secondary N) is 1. The maximum atomic E-state index is 5.84. The maximum absolute atomic E-state index is 5.84. The molecule has 3 nitrogen and oxygen atoms in total. The summed E-state index contributed by atoms with van der Waals surface area (Å²) >= 11 is 3.72. The van der Waals surface area contributed by atoms with Gasteiger partial charge in [0.15, 0.2) is 11.5 Å². The molecule has 118 valence electrons. The van der Waals surface area contributed by atoms with Crippen LogP contribution in [0, 0.1) is 5.92 Å². The predicted octanol–water partition coefficient (Wildman–Crippen LogP) is 4.70. The summed E-state index contributed by atoms with van der Waals surface area (Å²) in [5, 5.41) is 3.67. The minimum atomic E-state index is 0.335. The van der Waals surface area contributed by atoms with Crippen molar-refractivity contribution in [3.63, 3.8) is 0 Å². The highest BCUT2D eigenvalue weighted by Gasteiger charge is 2.23. The minimum Gasteiger partial charge on any atom is -0.490 e. The number of hydrogen-bond donors (Lipinski definition) is 1. The van der Waals surface area contributed by atoms with Crippen LogP contribution >= 0.6 is 15.9 Å². The van der Waals surface area contributed by atoms with E-state index in [-0.39, 0.29) is 0 Å². The number of benzene rings is 1. The smallest absolute Gasteiger partial charge is 0.162 e. The van der Waals surface area contributed by atoms with Gasteiger partial charge in [0.2, 0.25) is 0 Å². The van der Waals surface area contributed by atoms with Crippen molar-refractivity contribution in [2.45, 2.75) is 46.1 Å². The lowest BCUT2D eigenvalue weighted by Crippen LogP contribution is -2.27. The topological polar surface area (TPSA) is 30.5 Å². The van der Waals surface area contributed by atoms with Gasteiger partial charge in [0.1, 0.15) is 0 Å². The van der Waals surface area contributed by atoms with E-state index in [0.29, 0.717) is 12.0 Å². The summed E-state index contributed by atoms with van der Waals surface area (Å²) in [6, 6.07) is 4.53. The van der Waals surface area contributed by atoms with Gasteiger partial charge >= 0.3 is 0 Å². The molecule has 1 aromatic carbocycles. The van der Waals surface area contributed by atoms with Crippen molar-refractivity contribution in [3.05, 3.63) is 22.2 Å². The van der Waals surface area contributed by atoms with Gasteiger partial charge in [-0.25, -0.2) is 0 Å². The standard InChI is InChI=1S/C17H26BrNO2/c1-4-7-19-17(12(3)5-2)13-10-15-16(11-14(13)18)21-9-6-8-20-15/h10-12,17,19H,4-9H2,1-3H3. The molecule has 0 fully saturated rings. The molecular formula is C17H26BrNO2. The van der Waals surface area contributed by atoms with Crippen molar-refractivity contribution in [3.8, 4) is 11.5 Å². The Kier molecular flexibility index (Phi) is 6.37. The molecule has 0 spiro atoms. The van der Waals surface area contributed by atoms with Gasteiger partial charge in [-0.05, 0) is 36.6 Å². The molecule has 0 aromatic heterocycles. The number of fused-ring (bicyclic) bond motifs is 1. The molecule has 0 saturated carbocycles. The van der Waals surface area contributed by atoms with E-state index in [9.17, 15) is 0 Å². The summed E-state index contributed by atoms with van der Waals surface area (Å²) in [7, 11) is 0. The van der Waals surface area contributed by atoms with Crippen molar-refractivity contribution >= 4 is 15.9 Å². The normalized spacial score (nSPS) is 17.1. The SMILES string of the molecule is CCCNC(c1cc2c(cc1Br)OCCCO2)C(C)CC. The molecule has 0 amide bonds. The lowest BCUT2D eigenvalue weighted by molar-refractivity contribution is 0.296. The molecule has 0 aliphatic carbocycles. The Morgan fingerprint density at radius 3 is 2.48 bits per heavy atom. The summed E-state index contributed by atoms with van der Waals surface area (Å²) in [4.78, 5) is 0. The fraction of sp³-hybridized carbons (Fsp3) is 0.647. The second kappa shape index (κ2) is 8.04. The summed E-state index contributed by atoms with van der Waals surface area (Å²) in [5.41, 5.74) is 1.27. The molecular weight excluding hydrogens is 330 g/mol. The van der Waals surface area contributed by atoms with Gasteiger partial charge in [0, 0.05) is 16.9 Å². The van der Waals surface area contributed by atoms with Gasteiger partial charge in [0.25, 0.3) is 0 Å². The molecule has 2 atom stereocenters. The number of halogens is 1. The molecule has 0 saturated heterocycles. The molecule has 1 aromatic rings. The van der Waals surface area contributed by atoms with Crippen LogP contribution in [0.2, 0.25) is 0 Å². The van der Waals surface area contributed by atoms with Crippen LogP contribution in [0.15, 0.2) is 16.6 Å². The first-order valence-electron chi connectivity index (χ1n) is 7.99. The second-order valence-corrected chi connectivity index (χ2v) is 6.54. The molecule has 2 rings (SSSR count). The van der Waals surface area contributed by atoms with Crippen molar-refractivity contribution in [2.75, 3.05) is 19.8 Å². The Bertz CT molecular complexity index is 464. The monoisotopic (exact) mass is 355 g/mol. The quantitative estimate of drug-likeness (QED) is 0.802. The molecule has 21 heavy (non-hydrogen) atoms. The van der Waals surface area contributed by atoms with E-state index in [1.54, 1.807) is 0 Å². The van der Waals surface area contributed by atoms with E-state index in [2.05, 4.69) is 54.2 Å². The highest BCUT2D eigenvalue weighted by molar-refractivity contribution is 9.10. The first-order chi connectivity index (χ1) is 10.2. The van der Waals surface area contributed by atoms with Crippen LogP contribution in [-0.2, 0) is 0 Å². The van der Waals surface area contributed by atoms with Crippen molar-refractivity contribution < 1.29 is 9.47 Å². The third-order valence-electron chi connectivity index (χ3n) is 4.03. The van der Waals surface area contributed by atoms with E-state index in [1.165, 1.54) is 5.56 Å². The third-order valence-corrected chi connectivity index (χ3v) is 4.72. The molecule has 1 N–H and O–H groups in total. The molecule has 4 heteroatoms. The van der Waals surface area contributed by atoms with Gasteiger partial charge in [-0.1, -0.05) is 43.1 Å². The first kappa shape index (κ1) is 16.6. The van der Waals surface area contributed by atoms with E-state index < -0.39 is 0 Å². The van der Waals surface area contributed by atoms with E-state index >= 15 is 0 Å². The number of rotatable bonds is 6. The molecule has 0 bridgehead atoms. The summed E-state index contributed by atoms with van der Waals surface area (Å²) in [5.74, 6) is 2.29. The number of hydrogen-bond acceptors (Lipinski definition) is 3. The van der Waals surface area contributed by atoms with Gasteiger partial charge in [-0.2, -0.15) is 0 Å². The van der Waals surface area contributed by atoms with E-state index in [4.69, 9.17) is 9.47 Å². The fourth-order valence-electron chi connectivity index (χ4n) is 2.59. The molecule has 2 unspecified atom stereocenters. The Morgan fingerprint density at radius 2 is 1.86 bits per heavy atom. The predicted molar refractivity (Wildman–Crippen MR) is 90.2 cm³/mol. The van der Waals surface area contributed by atoms with Crippen LogP contribution < -0.4 is 14.8 Å². The van der Waals surface area contributed by atoms with Crippen LogP contribution in [0.3, 0.4) is 0 Å². The van der Waals surface area contributed by atoms with Crippen molar-refractivity contribution in [2.24, 2.45) is 5.92 Å². The lowest BCUT2D eigenvalue weighted by atomic mass is 9.92. The second-order valence-electron chi connectivity index (χ2n) is 5.69. The Hall–Kier alpha value is -0.740. The fourth-order valence-corrected chi connectivity index (χ4v) is 3.16. The van der Waals surface area contributed by atoms with Crippen LogP contribution in [0.1, 0.15) is 51.6 Å². The summed E-state index contributed by atoms with van der Waals surface area (Å²) in [6.45, 7) is 9.21. The zero-order chi connectivity index (χ0) is 15.2. The first-order valence-corrected chi connectivity index (χ1v) is 8.79. The van der Waals surface area contributed by atoms with Crippen LogP contribution in [0.5, 0.6) is 11.5 Å². The molecule has 1 aliphatic rings. The Morgan fingerprint density at radius 1 is 1.19 bits per heavy atom. The van der Waals surface area contributed by atoms with Crippen LogP contribution in [-0.4, -0.2) is 19.8 Å². The third kappa shape index (κ3) is 4.13. The Balaban J connectivity index is 2.32. The van der Waals surface area contributed by atoms with Gasteiger partial charge in [-0.15, -0.1) is 0 Å². The van der Waals surface area contributed by atoms with E-state index in [1.807, 2.05) is 0 Å². The Labute approximate surface area is 136 Å². The maximum Gasteiger partial charge on any atom is 0.162 e. The van der Waals surface area contributed by atoms with Gasteiger partial charge in [0.05, 0.1) is 13.2 Å². The van der Waals surface area contributed by atoms with Crippen molar-refractivity contribution in [1.29, 1.82) is 0 Å². The van der Waals surface area contributed by atoms with E-state index in [0.717, 1.165) is 55.0 Å². The van der Waals surface area contributed by atoms with Gasteiger partial charge in [-0.3, -0.25) is 0 Å². The molecule has 1 heterocycles. The number of ether oxygens (including phenoxy) is 2. The molecule has 0 radical (unpaired) electrons. The average molecular weight is 356 g/mol. The lowest BCUT2D eigenvalue weighted by Gasteiger charge is -2.26. The minimum absolute atomic E-state index is 0.335. The molecule has 1 aliphatic heterocycles. The zero-order valence-corrected chi connectivity index (χ0v) is 14.8. The summed E-state index contributed by atoms with van der Waals surface area (Å²) in [6.07, 6.45) is 3.21. The van der Waals surface area contributed by atoms with Crippen LogP contribution in [0.25, 0.3) is 0 Å². The average Bonchev–Trinajstić information content (AvgIpc) is 2.72. The highest BCUT2D eigenvalue weighted by Crippen LogP contribution is 2.39. The summed E-state index contributed by atoms with van der Waals surface area (Å²) < 4.78 is 12.7. The van der Waals surface area contributed by atoms with Crippen LogP contribution in [0.4, 0.5) is 0 Å². The zero-order valence-electron chi connectivity index (χ0n) is 13.2. The van der Waals surface area contributed by atoms with Crippen molar-refractivity contribution in [1.82, 2.24) is 5.32 Å². The van der Waals surface area contributed by atoms with Gasteiger partial charge < -0.3 is 14.8 Å².